The number of benzene rings is 1. The molecule has 3 N–H and O–H groups in total. The number of hydrogen-bond acceptors (Lipinski definition) is 2. The van der Waals surface area contributed by atoms with Crippen LogP contribution >= 0.6 is 0 Å². The predicted octanol–water partition coefficient (Wildman–Crippen LogP) is 2.83. The maximum absolute atomic E-state index is 11.6. The monoisotopic (exact) mass is 262 g/mol. The minimum Gasteiger partial charge on any atom is -0.465 e. The molecule has 1 aromatic carbocycles. The molecule has 104 valence electrons. The molecule has 0 heterocycles. The quantitative estimate of drug-likeness (QED) is 0.880. The van der Waals surface area contributed by atoms with Crippen LogP contribution in [0.5, 0.6) is 0 Å². The molecule has 1 aliphatic rings. The van der Waals surface area contributed by atoms with Crippen LogP contribution in [0.15, 0.2) is 30.3 Å². The van der Waals surface area contributed by atoms with Gasteiger partial charge in [-0.1, -0.05) is 30.3 Å². The molecule has 2 atom stereocenters. The summed E-state index contributed by atoms with van der Waals surface area (Å²) in [5, 5.41) is 9.52. The minimum atomic E-state index is -0.861. The van der Waals surface area contributed by atoms with E-state index in [1.54, 1.807) is 4.90 Å². The van der Waals surface area contributed by atoms with Crippen molar-refractivity contribution in [1.82, 2.24) is 4.90 Å². The lowest BCUT2D eigenvalue weighted by molar-refractivity contribution is 0.0506. The Hall–Kier alpha value is -1.55. The highest BCUT2D eigenvalue weighted by molar-refractivity contribution is 5.66. The summed E-state index contributed by atoms with van der Waals surface area (Å²) in [6.45, 7) is 2.45. The molecule has 4 nitrogen and oxygen atoms in total. The largest absolute Gasteiger partial charge is 0.465 e. The zero-order chi connectivity index (χ0) is 13.9. The van der Waals surface area contributed by atoms with Gasteiger partial charge in [-0.2, -0.15) is 0 Å². The second-order valence-electron chi connectivity index (χ2n) is 5.71. The molecule has 19 heavy (non-hydrogen) atoms. The van der Waals surface area contributed by atoms with Crippen molar-refractivity contribution in [3.8, 4) is 0 Å². The summed E-state index contributed by atoms with van der Waals surface area (Å²) in [4.78, 5) is 13.2. The van der Waals surface area contributed by atoms with Crippen LogP contribution in [0.25, 0.3) is 0 Å². The van der Waals surface area contributed by atoms with Crippen LogP contribution in [0.2, 0.25) is 0 Å². The summed E-state index contributed by atoms with van der Waals surface area (Å²) in [6.07, 6.45) is 2.76. The van der Waals surface area contributed by atoms with Gasteiger partial charge in [0.2, 0.25) is 0 Å². The fourth-order valence-corrected chi connectivity index (χ4v) is 3.01. The lowest BCUT2D eigenvalue weighted by Gasteiger charge is -2.44. The van der Waals surface area contributed by atoms with Gasteiger partial charge in [-0.15, -0.1) is 0 Å². The van der Waals surface area contributed by atoms with Gasteiger partial charge in [-0.05, 0) is 38.2 Å². The van der Waals surface area contributed by atoms with Crippen LogP contribution in [0, 0.1) is 0 Å². The number of nitrogens with two attached hydrogens (primary N) is 1. The van der Waals surface area contributed by atoms with E-state index in [2.05, 4.69) is 0 Å². The van der Waals surface area contributed by atoms with Gasteiger partial charge in [0.25, 0.3) is 0 Å². The van der Waals surface area contributed by atoms with Crippen molar-refractivity contribution >= 4 is 6.09 Å². The topological polar surface area (TPSA) is 66.6 Å². The number of carbonyl (C=O) groups is 1. The van der Waals surface area contributed by atoms with Crippen LogP contribution in [0.1, 0.15) is 38.2 Å². The zero-order valence-electron chi connectivity index (χ0n) is 11.4. The normalized spacial score (nSPS) is 26.9. The Balaban J connectivity index is 2.18. The molecule has 0 saturated heterocycles. The molecule has 1 aromatic rings. The molecule has 1 amide bonds. The second kappa shape index (κ2) is 5.61. The second-order valence-corrected chi connectivity index (χ2v) is 5.71. The molecular formula is C15H22N2O2. The van der Waals surface area contributed by atoms with Crippen molar-refractivity contribution in [2.75, 3.05) is 0 Å². The van der Waals surface area contributed by atoms with Crippen molar-refractivity contribution in [1.29, 1.82) is 0 Å². The highest BCUT2D eigenvalue weighted by atomic mass is 16.4. The molecule has 2 rings (SSSR count). The van der Waals surface area contributed by atoms with Crippen LogP contribution in [-0.4, -0.2) is 27.7 Å². The summed E-state index contributed by atoms with van der Waals surface area (Å²) >= 11 is 0. The van der Waals surface area contributed by atoms with E-state index >= 15 is 0 Å². The average molecular weight is 262 g/mol. The van der Waals surface area contributed by atoms with Crippen LogP contribution in [-0.2, 0) is 6.54 Å². The molecule has 0 spiro atoms. The number of rotatable bonds is 3. The van der Waals surface area contributed by atoms with Crippen molar-refractivity contribution in [3.63, 3.8) is 0 Å². The van der Waals surface area contributed by atoms with E-state index in [1.807, 2.05) is 37.3 Å². The van der Waals surface area contributed by atoms with Gasteiger partial charge in [0, 0.05) is 18.1 Å². The van der Waals surface area contributed by atoms with E-state index in [4.69, 9.17) is 5.73 Å². The van der Waals surface area contributed by atoms with Gasteiger partial charge in [0.05, 0.1) is 0 Å². The third-order valence-electron chi connectivity index (χ3n) is 4.06. The van der Waals surface area contributed by atoms with E-state index in [0.29, 0.717) is 6.54 Å². The first-order valence-electron chi connectivity index (χ1n) is 6.81. The third kappa shape index (κ3) is 3.26. The molecule has 1 fully saturated rings. The van der Waals surface area contributed by atoms with Crippen LogP contribution in [0.3, 0.4) is 0 Å². The first-order valence-corrected chi connectivity index (χ1v) is 6.81. The first kappa shape index (κ1) is 13.9. The fraction of sp³-hybridized carbons (Fsp3) is 0.533. The summed E-state index contributed by atoms with van der Waals surface area (Å²) < 4.78 is 0. The highest BCUT2D eigenvalue weighted by Gasteiger charge is 2.38. The number of nitrogens with zero attached hydrogens (tertiary/aromatic N) is 1. The molecule has 0 radical (unpaired) electrons. The van der Waals surface area contributed by atoms with Gasteiger partial charge in [0.15, 0.2) is 0 Å². The zero-order valence-corrected chi connectivity index (χ0v) is 11.4. The Labute approximate surface area is 114 Å². The Kier molecular flexibility index (Phi) is 4.10. The van der Waals surface area contributed by atoms with Gasteiger partial charge in [-0.3, -0.25) is 4.90 Å². The maximum Gasteiger partial charge on any atom is 0.408 e. The van der Waals surface area contributed by atoms with E-state index in [-0.39, 0.29) is 11.6 Å². The van der Waals surface area contributed by atoms with Crippen molar-refractivity contribution < 1.29 is 9.90 Å². The number of carboxylic acid groups (broad SMARTS) is 1. The van der Waals surface area contributed by atoms with E-state index in [9.17, 15) is 9.90 Å². The van der Waals surface area contributed by atoms with E-state index in [1.165, 1.54) is 0 Å². The Bertz CT molecular complexity index is 435. The number of hydrogen-bond donors (Lipinski definition) is 2. The Morgan fingerprint density at radius 1 is 1.47 bits per heavy atom. The molecule has 0 aliphatic heterocycles. The lowest BCUT2D eigenvalue weighted by atomic mass is 9.79. The fourth-order valence-electron chi connectivity index (χ4n) is 3.01. The van der Waals surface area contributed by atoms with Crippen LogP contribution in [0.4, 0.5) is 4.79 Å². The molecule has 0 aromatic heterocycles. The van der Waals surface area contributed by atoms with Crippen molar-refractivity contribution in [3.05, 3.63) is 35.9 Å². The smallest absolute Gasteiger partial charge is 0.408 e. The molecule has 4 heteroatoms. The van der Waals surface area contributed by atoms with Gasteiger partial charge in [0.1, 0.15) is 0 Å². The predicted molar refractivity (Wildman–Crippen MR) is 74.9 cm³/mol. The molecule has 1 saturated carbocycles. The number of amides is 1. The average Bonchev–Trinajstić information content (AvgIpc) is 2.36. The van der Waals surface area contributed by atoms with E-state index in [0.717, 1.165) is 31.2 Å². The van der Waals surface area contributed by atoms with Gasteiger partial charge < -0.3 is 10.8 Å². The Morgan fingerprint density at radius 2 is 2.16 bits per heavy atom. The standard InChI is InChI=1S/C15H22N2O2/c1-15(9-5-8-13(16)10-15)17(14(18)19)11-12-6-3-2-4-7-12/h2-4,6-7,13H,5,8-11,16H2,1H3,(H,18,19). The third-order valence-corrected chi connectivity index (χ3v) is 4.06. The first-order chi connectivity index (χ1) is 9.01. The molecule has 2 unspecified atom stereocenters. The summed E-state index contributed by atoms with van der Waals surface area (Å²) in [6, 6.07) is 9.84. The summed E-state index contributed by atoms with van der Waals surface area (Å²) in [5.41, 5.74) is 6.69. The van der Waals surface area contributed by atoms with Crippen LogP contribution < -0.4 is 5.73 Å². The molecular weight excluding hydrogens is 240 g/mol. The molecule has 1 aliphatic carbocycles. The highest BCUT2D eigenvalue weighted by Crippen LogP contribution is 2.34. The summed E-state index contributed by atoms with van der Waals surface area (Å²) in [7, 11) is 0. The van der Waals surface area contributed by atoms with Gasteiger partial charge in [-0.25, -0.2) is 4.79 Å². The maximum atomic E-state index is 11.6. The Morgan fingerprint density at radius 3 is 2.74 bits per heavy atom. The van der Waals surface area contributed by atoms with Crippen molar-refractivity contribution in [2.24, 2.45) is 5.73 Å². The van der Waals surface area contributed by atoms with Gasteiger partial charge >= 0.3 is 6.09 Å². The summed E-state index contributed by atoms with van der Waals surface area (Å²) in [5.74, 6) is 0. The molecule has 0 bridgehead atoms. The van der Waals surface area contributed by atoms with Crippen molar-refractivity contribution in [2.45, 2.75) is 50.7 Å². The minimum absolute atomic E-state index is 0.108. The SMILES string of the molecule is CC1(N(Cc2ccccc2)C(=O)O)CCCC(N)C1. The lowest BCUT2D eigenvalue weighted by Crippen LogP contribution is -2.53. The van der Waals surface area contributed by atoms with E-state index < -0.39 is 6.09 Å².